The Morgan fingerprint density at radius 1 is 1.30 bits per heavy atom. The molecular formula is C16H14F2N6O2S. The molecule has 0 radical (unpaired) electrons. The fraction of sp³-hybridized carbons (Fsp3) is 0.312. The van der Waals surface area contributed by atoms with E-state index in [1.54, 1.807) is 5.38 Å². The average Bonchev–Trinajstić information content (AvgIpc) is 3.36. The fourth-order valence-electron chi connectivity index (χ4n) is 2.99. The molecule has 1 saturated heterocycles. The van der Waals surface area contributed by atoms with Crippen LogP contribution >= 0.6 is 11.3 Å². The van der Waals surface area contributed by atoms with Crippen LogP contribution in [0.5, 0.6) is 0 Å². The Morgan fingerprint density at radius 2 is 2.11 bits per heavy atom. The van der Waals surface area contributed by atoms with Crippen molar-refractivity contribution in [3.8, 4) is 11.3 Å². The second-order valence-corrected chi connectivity index (χ2v) is 6.87. The lowest BCUT2D eigenvalue weighted by Crippen LogP contribution is -2.49. The molecule has 1 aromatic carbocycles. The van der Waals surface area contributed by atoms with Crippen molar-refractivity contribution >= 4 is 22.4 Å². The first-order valence-electron chi connectivity index (χ1n) is 8.12. The highest BCUT2D eigenvalue weighted by molar-refractivity contribution is 7.14. The van der Waals surface area contributed by atoms with E-state index in [2.05, 4.69) is 25.8 Å². The molecule has 140 valence electrons. The van der Waals surface area contributed by atoms with Gasteiger partial charge in [-0.1, -0.05) is 0 Å². The molecule has 1 aliphatic heterocycles. The number of nitrogens with one attached hydrogen (secondary N) is 1. The van der Waals surface area contributed by atoms with Crippen LogP contribution in [0.1, 0.15) is 12.8 Å². The maximum Gasteiger partial charge on any atom is 0.254 e. The molecule has 3 aromatic rings. The predicted octanol–water partition coefficient (Wildman–Crippen LogP) is 2.22. The van der Waals surface area contributed by atoms with Crippen LogP contribution in [-0.4, -0.2) is 44.3 Å². The molecule has 27 heavy (non-hydrogen) atoms. The Hall–Kier alpha value is -2.79. The molecule has 0 saturated carbocycles. The highest BCUT2D eigenvalue weighted by Crippen LogP contribution is 2.32. The number of tetrazole rings is 1. The second-order valence-electron chi connectivity index (χ2n) is 6.01. The van der Waals surface area contributed by atoms with E-state index in [1.807, 2.05) is 0 Å². The first-order valence-corrected chi connectivity index (χ1v) is 9.00. The molecule has 0 atom stereocenters. The van der Waals surface area contributed by atoms with Crippen molar-refractivity contribution in [3.05, 3.63) is 41.5 Å². The average molecular weight is 392 g/mol. The van der Waals surface area contributed by atoms with E-state index in [0.29, 0.717) is 26.1 Å². The maximum absolute atomic E-state index is 13.9. The number of ether oxygens (including phenoxy) is 1. The van der Waals surface area contributed by atoms with Gasteiger partial charge in [-0.3, -0.25) is 10.1 Å². The van der Waals surface area contributed by atoms with Crippen molar-refractivity contribution in [1.29, 1.82) is 0 Å². The molecule has 0 aliphatic carbocycles. The van der Waals surface area contributed by atoms with Crippen LogP contribution in [0.4, 0.5) is 13.9 Å². The van der Waals surface area contributed by atoms with Crippen LogP contribution in [0.25, 0.3) is 11.3 Å². The van der Waals surface area contributed by atoms with E-state index in [0.717, 1.165) is 29.5 Å². The SMILES string of the molecule is O=C(Nc1nc(-c2cc(F)ccc2F)cs1)C1(n2cnnn2)CCOCC1. The van der Waals surface area contributed by atoms with Gasteiger partial charge in [-0.2, -0.15) is 0 Å². The van der Waals surface area contributed by atoms with Crippen LogP contribution < -0.4 is 5.32 Å². The van der Waals surface area contributed by atoms with Crippen molar-refractivity contribution in [2.24, 2.45) is 0 Å². The Bertz CT molecular complexity index is 956. The third-order valence-corrected chi connectivity index (χ3v) is 5.22. The Kier molecular flexibility index (Phi) is 4.62. The van der Waals surface area contributed by atoms with Gasteiger partial charge in [0, 0.05) is 37.0 Å². The van der Waals surface area contributed by atoms with Gasteiger partial charge in [0.2, 0.25) is 0 Å². The highest BCUT2D eigenvalue weighted by atomic mass is 32.1. The summed E-state index contributed by atoms with van der Waals surface area (Å²) in [4.78, 5) is 17.2. The summed E-state index contributed by atoms with van der Waals surface area (Å²) in [5, 5.41) is 15.7. The monoisotopic (exact) mass is 392 g/mol. The van der Waals surface area contributed by atoms with Gasteiger partial charge in [-0.05, 0) is 28.6 Å². The van der Waals surface area contributed by atoms with Gasteiger partial charge >= 0.3 is 0 Å². The molecule has 3 heterocycles. The van der Waals surface area contributed by atoms with E-state index in [9.17, 15) is 13.6 Å². The largest absolute Gasteiger partial charge is 0.381 e. The van der Waals surface area contributed by atoms with Gasteiger partial charge in [0.05, 0.1) is 5.69 Å². The summed E-state index contributed by atoms with van der Waals surface area (Å²) in [7, 11) is 0. The summed E-state index contributed by atoms with van der Waals surface area (Å²) < 4.78 is 34.1. The van der Waals surface area contributed by atoms with Crippen molar-refractivity contribution in [2.45, 2.75) is 18.4 Å². The van der Waals surface area contributed by atoms with Crippen LogP contribution in [0, 0.1) is 11.6 Å². The number of anilines is 1. The minimum Gasteiger partial charge on any atom is -0.381 e. The van der Waals surface area contributed by atoms with Crippen molar-refractivity contribution in [1.82, 2.24) is 25.2 Å². The summed E-state index contributed by atoms with van der Waals surface area (Å²) in [5.74, 6) is -1.49. The molecule has 1 aliphatic rings. The smallest absolute Gasteiger partial charge is 0.254 e. The lowest BCUT2D eigenvalue weighted by Gasteiger charge is -2.34. The lowest BCUT2D eigenvalue weighted by molar-refractivity contribution is -0.130. The van der Waals surface area contributed by atoms with Crippen molar-refractivity contribution in [3.63, 3.8) is 0 Å². The summed E-state index contributed by atoms with van der Waals surface area (Å²) in [6, 6.07) is 3.14. The van der Waals surface area contributed by atoms with Gasteiger partial charge in [-0.25, -0.2) is 18.4 Å². The maximum atomic E-state index is 13.9. The zero-order valence-electron chi connectivity index (χ0n) is 13.9. The molecule has 0 spiro atoms. The number of hydrogen-bond acceptors (Lipinski definition) is 7. The van der Waals surface area contributed by atoms with Gasteiger partial charge in [0.15, 0.2) is 5.13 Å². The number of rotatable bonds is 4. The third-order valence-electron chi connectivity index (χ3n) is 4.46. The molecule has 4 rings (SSSR count). The molecular weight excluding hydrogens is 378 g/mol. The summed E-state index contributed by atoms with van der Waals surface area (Å²) in [6.07, 6.45) is 2.20. The topological polar surface area (TPSA) is 94.8 Å². The molecule has 1 fully saturated rings. The summed E-state index contributed by atoms with van der Waals surface area (Å²) in [5.41, 5.74) is -0.707. The second kappa shape index (κ2) is 7.08. The van der Waals surface area contributed by atoms with E-state index >= 15 is 0 Å². The number of carbonyl (C=O) groups excluding carboxylic acids is 1. The molecule has 0 unspecified atom stereocenters. The van der Waals surface area contributed by atoms with Crippen LogP contribution in [0.2, 0.25) is 0 Å². The normalized spacial score (nSPS) is 16.2. The summed E-state index contributed by atoms with van der Waals surface area (Å²) in [6.45, 7) is 0.788. The van der Waals surface area contributed by atoms with Crippen LogP contribution in [-0.2, 0) is 15.1 Å². The Morgan fingerprint density at radius 3 is 2.85 bits per heavy atom. The number of aromatic nitrogens is 5. The first-order chi connectivity index (χ1) is 13.1. The quantitative estimate of drug-likeness (QED) is 0.732. The number of benzene rings is 1. The van der Waals surface area contributed by atoms with Crippen LogP contribution in [0.15, 0.2) is 29.9 Å². The first kappa shape index (κ1) is 17.6. The van der Waals surface area contributed by atoms with Gasteiger partial charge in [-0.15, -0.1) is 16.4 Å². The van der Waals surface area contributed by atoms with Gasteiger partial charge < -0.3 is 4.74 Å². The minimum absolute atomic E-state index is 0.0352. The molecule has 8 nitrogen and oxygen atoms in total. The zero-order valence-corrected chi connectivity index (χ0v) is 14.7. The summed E-state index contributed by atoms with van der Waals surface area (Å²) >= 11 is 1.12. The molecule has 11 heteroatoms. The Labute approximate surface area is 156 Å². The predicted molar refractivity (Wildman–Crippen MR) is 91.9 cm³/mol. The number of amides is 1. The third kappa shape index (κ3) is 3.30. The van der Waals surface area contributed by atoms with E-state index < -0.39 is 17.2 Å². The van der Waals surface area contributed by atoms with Crippen molar-refractivity contribution in [2.75, 3.05) is 18.5 Å². The van der Waals surface area contributed by atoms with Crippen LogP contribution in [0.3, 0.4) is 0 Å². The van der Waals surface area contributed by atoms with E-state index in [-0.39, 0.29) is 22.3 Å². The fourth-order valence-corrected chi connectivity index (χ4v) is 3.69. The molecule has 2 aromatic heterocycles. The van der Waals surface area contributed by atoms with Gasteiger partial charge in [0.25, 0.3) is 5.91 Å². The zero-order chi connectivity index (χ0) is 18.9. The number of hydrogen-bond donors (Lipinski definition) is 1. The lowest BCUT2D eigenvalue weighted by atomic mass is 9.89. The van der Waals surface area contributed by atoms with E-state index in [1.165, 1.54) is 11.0 Å². The molecule has 1 N–H and O–H groups in total. The standard InChI is InChI=1S/C16H14F2N6O2S/c17-10-1-2-12(18)11(7-10)13-8-27-15(20-13)21-14(25)16(3-5-26-6-4-16)24-9-19-22-23-24/h1-2,7-9H,3-6H2,(H,20,21,25). The minimum atomic E-state index is -0.988. The number of halogens is 2. The van der Waals surface area contributed by atoms with Gasteiger partial charge in [0.1, 0.15) is 23.5 Å². The van der Waals surface area contributed by atoms with E-state index in [4.69, 9.17) is 4.74 Å². The molecule has 0 bridgehead atoms. The highest BCUT2D eigenvalue weighted by Gasteiger charge is 2.43. The van der Waals surface area contributed by atoms with Crippen molar-refractivity contribution < 1.29 is 18.3 Å². The Balaban J connectivity index is 1.59. The number of nitrogens with zero attached hydrogens (tertiary/aromatic N) is 5. The number of carbonyl (C=O) groups is 1. The molecule has 1 amide bonds. The number of thiazole rings is 1.